The topological polar surface area (TPSA) is 124 Å². The third-order valence-electron chi connectivity index (χ3n) is 6.35. The molecule has 3 amide bonds. The van der Waals surface area contributed by atoms with Crippen LogP contribution >= 0.6 is 22.9 Å². The first-order valence-electron chi connectivity index (χ1n) is 12.3. The summed E-state index contributed by atoms with van der Waals surface area (Å²) in [6, 6.07) is 6.01. The molecule has 0 radical (unpaired) electrons. The lowest BCUT2D eigenvalue weighted by atomic mass is 9.84. The van der Waals surface area contributed by atoms with Crippen LogP contribution in [-0.2, 0) is 20.8 Å². The highest BCUT2D eigenvalue weighted by molar-refractivity contribution is 7.18. The van der Waals surface area contributed by atoms with E-state index < -0.39 is 11.9 Å². The van der Waals surface area contributed by atoms with Crippen LogP contribution in [0, 0.1) is 17.2 Å². The molecule has 2 aromatic rings. The van der Waals surface area contributed by atoms with Crippen LogP contribution in [0.1, 0.15) is 56.9 Å². The monoisotopic (exact) mass is 529 g/mol. The molecule has 3 rings (SSSR count). The van der Waals surface area contributed by atoms with E-state index in [0.29, 0.717) is 22.4 Å². The molecule has 0 spiro atoms. The van der Waals surface area contributed by atoms with Gasteiger partial charge in [-0.2, -0.15) is 5.26 Å². The average Bonchev–Trinajstić information content (AvgIpc) is 3.27. The van der Waals surface area contributed by atoms with Gasteiger partial charge < -0.3 is 16.0 Å². The Kier molecular flexibility index (Phi) is 10.3. The van der Waals surface area contributed by atoms with E-state index in [2.05, 4.69) is 27.5 Å². The van der Waals surface area contributed by atoms with Crippen LogP contribution in [0.25, 0.3) is 10.2 Å². The predicted molar refractivity (Wildman–Crippen MR) is 141 cm³/mol. The second-order valence-electron chi connectivity index (χ2n) is 9.14. The molecule has 0 aliphatic heterocycles. The lowest BCUT2D eigenvalue weighted by molar-refractivity contribution is -0.129. The number of fused-ring (bicyclic) bond motifs is 1. The summed E-state index contributed by atoms with van der Waals surface area (Å²) in [6.07, 6.45) is 6.87. The summed E-state index contributed by atoms with van der Waals surface area (Å²) < 4.78 is 0.911. The molecule has 1 aliphatic carbocycles. The first kappa shape index (κ1) is 27.6. The normalized spacial score (nSPS) is 15.5. The number of hydrogen-bond donors (Lipinski definition) is 3. The molecule has 1 aromatic heterocycles. The third kappa shape index (κ3) is 8.04. The first-order valence-corrected chi connectivity index (χ1v) is 13.5. The number of aromatic nitrogens is 1. The maximum atomic E-state index is 13.4. The Bertz CT molecular complexity index is 1150. The van der Waals surface area contributed by atoms with Gasteiger partial charge in [0.15, 0.2) is 0 Å². The molecule has 2 atom stereocenters. The van der Waals surface area contributed by atoms with Gasteiger partial charge in [0.05, 0.1) is 15.2 Å². The van der Waals surface area contributed by atoms with Gasteiger partial charge in [0.25, 0.3) is 5.91 Å². The maximum Gasteiger partial charge on any atom is 0.261 e. The lowest BCUT2D eigenvalue weighted by Crippen LogP contribution is -2.53. The fourth-order valence-electron chi connectivity index (χ4n) is 4.41. The van der Waals surface area contributed by atoms with Crippen molar-refractivity contribution in [1.82, 2.24) is 20.9 Å². The van der Waals surface area contributed by atoms with Crippen LogP contribution < -0.4 is 16.0 Å². The summed E-state index contributed by atoms with van der Waals surface area (Å²) >= 11 is 7.53. The van der Waals surface area contributed by atoms with Gasteiger partial charge in [-0.25, -0.2) is 4.98 Å². The Labute approximate surface area is 220 Å². The van der Waals surface area contributed by atoms with Crippen molar-refractivity contribution in [3.05, 3.63) is 40.4 Å². The zero-order valence-electron chi connectivity index (χ0n) is 20.4. The van der Waals surface area contributed by atoms with Crippen LogP contribution in [0.5, 0.6) is 0 Å². The number of carbonyl (C=O) groups is 3. The highest BCUT2D eigenvalue weighted by Gasteiger charge is 2.27. The van der Waals surface area contributed by atoms with Crippen LogP contribution in [0.4, 0.5) is 0 Å². The van der Waals surface area contributed by atoms with E-state index in [0.717, 1.165) is 35.9 Å². The van der Waals surface area contributed by atoms with Crippen molar-refractivity contribution in [3.8, 4) is 6.07 Å². The summed E-state index contributed by atoms with van der Waals surface area (Å²) in [7, 11) is 0. The Morgan fingerprint density at radius 1 is 1.25 bits per heavy atom. The van der Waals surface area contributed by atoms with Gasteiger partial charge in [0.1, 0.15) is 17.7 Å². The number of nitrogens with zero attached hydrogens (tertiary/aromatic N) is 2. The highest BCUT2D eigenvalue weighted by Crippen LogP contribution is 2.28. The summed E-state index contributed by atoms with van der Waals surface area (Å²) in [5.74, 6) is -0.674. The second-order valence-corrected chi connectivity index (χ2v) is 10.7. The molecule has 192 valence electrons. The number of nitriles is 1. The minimum atomic E-state index is -0.813. The van der Waals surface area contributed by atoms with Crippen molar-refractivity contribution in [1.29, 1.82) is 5.26 Å². The summed E-state index contributed by atoms with van der Waals surface area (Å²) in [6.45, 7) is 5.35. The molecule has 36 heavy (non-hydrogen) atoms. The number of benzene rings is 1. The van der Waals surface area contributed by atoms with Crippen LogP contribution in [0.2, 0.25) is 5.02 Å². The molecule has 8 nitrogen and oxygen atoms in total. The zero-order valence-corrected chi connectivity index (χ0v) is 22.0. The largest absolute Gasteiger partial charge is 0.350 e. The molecule has 1 aromatic carbocycles. The van der Waals surface area contributed by atoms with Crippen molar-refractivity contribution in [3.63, 3.8) is 0 Å². The van der Waals surface area contributed by atoms with Gasteiger partial charge >= 0.3 is 0 Å². The van der Waals surface area contributed by atoms with Gasteiger partial charge in [0, 0.05) is 30.5 Å². The minimum absolute atomic E-state index is 0.176. The van der Waals surface area contributed by atoms with Gasteiger partial charge in [-0.05, 0) is 30.5 Å². The molecule has 1 aliphatic rings. The fraction of sp³-hybridized carbons (Fsp3) is 0.500. The number of halogens is 1. The van der Waals surface area contributed by atoms with E-state index in [1.54, 1.807) is 19.1 Å². The van der Waals surface area contributed by atoms with Crippen molar-refractivity contribution >= 4 is 50.9 Å². The number of amides is 3. The summed E-state index contributed by atoms with van der Waals surface area (Å²) in [5.41, 5.74) is 0.609. The quantitative estimate of drug-likeness (QED) is 0.299. The van der Waals surface area contributed by atoms with Gasteiger partial charge in [-0.15, -0.1) is 11.3 Å². The van der Waals surface area contributed by atoms with E-state index in [9.17, 15) is 14.4 Å². The first-order chi connectivity index (χ1) is 17.3. The Morgan fingerprint density at radius 2 is 2.00 bits per heavy atom. The van der Waals surface area contributed by atoms with Crippen molar-refractivity contribution < 1.29 is 14.4 Å². The predicted octanol–water partition coefficient (Wildman–Crippen LogP) is 4.04. The number of carbonyl (C=O) groups excluding carboxylic acids is 3. The maximum absolute atomic E-state index is 13.4. The van der Waals surface area contributed by atoms with E-state index >= 15 is 0 Å². The highest BCUT2D eigenvalue weighted by atomic mass is 35.5. The molecular formula is C26H32ClN5O3S. The molecule has 1 fully saturated rings. The van der Waals surface area contributed by atoms with E-state index in [1.165, 1.54) is 17.8 Å². The Balaban J connectivity index is 1.74. The second kappa shape index (κ2) is 13.4. The number of thiazole rings is 1. The molecule has 0 saturated heterocycles. The Morgan fingerprint density at radius 3 is 2.69 bits per heavy atom. The van der Waals surface area contributed by atoms with Crippen LogP contribution in [0.3, 0.4) is 0 Å². The zero-order chi connectivity index (χ0) is 26.1. The van der Waals surface area contributed by atoms with Gasteiger partial charge in [-0.3, -0.25) is 14.4 Å². The van der Waals surface area contributed by atoms with Gasteiger partial charge in [0.2, 0.25) is 11.8 Å². The molecule has 0 unspecified atom stereocenters. The molecule has 1 saturated carbocycles. The number of nitrogens with one attached hydrogen (secondary N) is 3. The molecule has 3 N–H and O–H groups in total. The SMILES string of the molecule is C=C(C#N)C(=O)NC[C@H](CC1CCCCC1)NC(=O)[C@H](Cc1nc2ccc(Cl)cc2s1)NC(=O)CC. The van der Waals surface area contributed by atoms with E-state index in [4.69, 9.17) is 16.9 Å². The Hall–Kier alpha value is -2.96. The summed E-state index contributed by atoms with van der Waals surface area (Å²) in [4.78, 5) is 42.3. The van der Waals surface area contributed by atoms with Crippen molar-refractivity contribution in [2.24, 2.45) is 5.92 Å². The van der Waals surface area contributed by atoms with Crippen molar-refractivity contribution in [2.45, 2.75) is 70.4 Å². The standard InChI is InChI=1S/C26H32ClN5O3S/c1-3-23(33)31-21(13-24-32-20-10-9-18(27)12-22(20)36-24)26(35)30-19(11-17-7-5-4-6-8-17)15-29-25(34)16(2)14-28/h9-10,12,17,19,21H,2-8,11,13,15H2,1H3,(H,29,34)(H,30,35)(H,31,33)/t19-,21-/m0/s1. The fourth-order valence-corrected chi connectivity index (χ4v) is 5.70. The molecular weight excluding hydrogens is 498 g/mol. The molecule has 0 bridgehead atoms. The average molecular weight is 530 g/mol. The van der Waals surface area contributed by atoms with Crippen molar-refractivity contribution in [2.75, 3.05) is 6.54 Å². The number of hydrogen-bond acceptors (Lipinski definition) is 6. The van der Waals surface area contributed by atoms with Gasteiger partial charge in [-0.1, -0.05) is 57.2 Å². The van der Waals surface area contributed by atoms with Crippen LogP contribution in [0.15, 0.2) is 30.4 Å². The van der Waals surface area contributed by atoms with E-state index in [1.807, 2.05) is 12.1 Å². The van der Waals surface area contributed by atoms with E-state index in [-0.39, 0.29) is 42.8 Å². The summed E-state index contributed by atoms with van der Waals surface area (Å²) in [5, 5.41) is 18.8. The minimum Gasteiger partial charge on any atom is -0.350 e. The number of rotatable bonds is 11. The molecule has 1 heterocycles. The smallest absolute Gasteiger partial charge is 0.261 e. The third-order valence-corrected chi connectivity index (χ3v) is 7.63. The van der Waals surface area contributed by atoms with Crippen LogP contribution in [-0.4, -0.2) is 41.3 Å². The molecule has 10 heteroatoms. The lowest BCUT2D eigenvalue weighted by Gasteiger charge is -2.29.